The molecule has 110 valence electrons. The van der Waals surface area contributed by atoms with Crippen molar-refractivity contribution in [2.24, 2.45) is 0 Å². The van der Waals surface area contributed by atoms with E-state index in [4.69, 9.17) is 23.2 Å². The highest BCUT2D eigenvalue weighted by atomic mass is 35.5. The summed E-state index contributed by atoms with van der Waals surface area (Å²) >= 11 is 11.5. The Kier molecular flexibility index (Phi) is 4.77. The Morgan fingerprint density at radius 3 is 2.76 bits per heavy atom. The van der Waals surface area contributed by atoms with E-state index in [1.54, 1.807) is 0 Å². The first-order chi connectivity index (χ1) is 9.97. The van der Waals surface area contributed by atoms with Gasteiger partial charge in [0.2, 0.25) is 0 Å². The minimum Gasteiger partial charge on any atom is -0.480 e. The average molecular weight is 329 g/mol. The van der Waals surface area contributed by atoms with Crippen molar-refractivity contribution < 1.29 is 14.7 Å². The first-order valence-corrected chi connectivity index (χ1v) is 6.55. The Morgan fingerprint density at radius 1 is 1.38 bits per heavy atom. The normalized spacial score (nSPS) is 11.9. The standard InChI is InChI=1S/C12H10Cl2N4O3/c13-8-4-16-10(14)2-7(8)11(19)18-9(12(20)21)1-6-3-15-5-17-6/h2-5,9H,1H2,(H,15,17)(H,18,19)(H,20,21)/t9-/m0/s1. The number of imidazole rings is 1. The Balaban J connectivity index is 2.14. The van der Waals surface area contributed by atoms with Crippen LogP contribution in [0.2, 0.25) is 10.2 Å². The van der Waals surface area contributed by atoms with E-state index in [9.17, 15) is 14.7 Å². The van der Waals surface area contributed by atoms with Gasteiger partial charge in [-0.2, -0.15) is 0 Å². The summed E-state index contributed by atoms with van der Waals surface area (Å²) < 4.78 is 0. The van der Waals surface area contributed by atoms with Gasteiger partial charge in [-0.15, -0.1) is 0 Å². The smallest absolute Gasteiger partial charge is 0.326 e. The van der Waals surface area contributed by atoms with Crippen LogP contribution in [0, 0.1) is 0 Å². The summed E-state index contributed by atoms with van der Waals surface area (Å²) in [5, 5.41) is 11.7. The molecule has 0 fully saturated rings. The molecule has 0 saturated carbocycles. The third-order valence-electron chi connectivity index (χ3n) is 2.65. The average Bonchev–Trinajstić information content (AvgIpc) is 2.93. The molecule has 1 atom stereocenters. The molecule has 2 rings (SSSR count). The van der Waals surface area contributed by atoms with Gasteiger partial charge < -0.3 is 15.4 Å². The summed E-state index contributed by atoms with van der Waals surface area (Å²) in [5.41, 5.74) is 0.647. The lowest BCUT2D eigenvalue weighted by Crippen LogP contribution is -2.42. The quantitative estimate of drug-likeness (QED) is 0.721. The van der Waals surface area contributed by atoms with Crippen LogP contribution in [0.4, 0.5) is 0 Å². The molecule has 21 heavy (non-hydrogen) atoms. The second-order valence-corrected chi connectivity index (χ2v) is 4.93. The number of halogens is 2. The SMILES string of the molecule is O=C(N[C@@H](Cc1cnc[nH]1)C(=O)O)c1cc(Cl)ncc1Cl. The van der Waals surface area contributed by atoms with Crippen LogP contribution >= 0.6 is 23.2 Å². The zero-order valence-corrected chi connectivity index (χ0v) is 12.0. The van der Waals surface area contributed by atoms with Gasteiger partial charge >= 0.3 is 5.97 Å². The lowest BCUT2D eigenvalue weighted by Gasteiger charge is -2.14. The minimum absolute atomic E-state index is 0.0625. The second kappa shape index (κ2) is 6.55. The van der Waals surface area contributed by atoms with Gasteiger partial charge in [0.15, 0.2) is 0 Å². The first-order valence-electron chi connectivity index (χ1n) is 5.79. The molecule has 0 spiro atoms. The maximum Gasteiger partial charge on any atom is 0.326 e. The Morgan fingerprint density at radius 2 is 2.14 bits per heavy atom. The molecule has 0 saturated heterocycles. The zero-order valence-electron chi connectivity index (χ0n) is 10.5. The van der Waals surface area contributed by atoms with Crippen molar-refractivity contribution in [3.05, 3.63) is 46.2 Å². The number of nitrogens with one attached hydrogen (secondary N) is 2. The van der Waals surface area contributed by atoms with E-state index >= 15 is 0 Å². The van der Waals surface area contributed by atoms with Crippen molar-refractivity contribution in [1.82, 2.24) is 20.3 Å². The number of carboxylic acids is 1. The Labute approximate surface area is 129 Å². The Bertz CT molecular complexity index is 661. The maximum absolute atomic E-state index is 12.1. The van der Waals surface area contributed by atoms with Crippen LogP contribution in [0.5, 0.6) is 0 Å². The largest absolute Gasteiger partial charge is 0.480 e. The molecule has 0 unspecified atom stereocenters. The molecular formula is C12H10Cl2N4O3. The topological polar surface area (TPSA) is 108 Å². The minimum atomic E-state index is -1.17. The van der Waals surface area contributed by atoms with Crippen molar-refractivity contribution in [2.45, 2.75) is 12.5 Å². The van der Waals surface area contributed by atoms with Crippen molar-refractivity contribution in [1.29, 1.82) is 0 Å². The zero-order chi connectivity index (χ0) is 15.4. The fraction of sp³-hybridized carbons (Fsp3) is 0.167. The van der Waals surface area contributed by atoms with Crippen molar-refractivity contribution in [2.75, 3.05) is 0 Å². The molecule has 2 aromatic heterocycles. The third kappa shape index (κ3) is 3.93. The number of aromatic amines is 1. The first kappa shape index (κ1) is 15.3. The number of carbonyl (C=O) groups excluding carboxylic acids is 1. The van der Waals surface area contributed by atoms with Gasteiger partial charge in [0, 0.05) is 24.5 Å². The number of aliphatic carboxylic acids is 1. The van der Waals surface area contributed by atoms with Crippen molar-refractivity contribution in [3.63, 3.8) is 0 Å². The van der Waals surface area contributed by atoms with E-state index < -0.39 is 17.9 Å². The van der Waals surface area contributed by atoms with Crippen molar-refractivity contribution in [3.8, 4) is 0 Å². The highest BCUT2D eigenvalue weighted by Gasteiger charge is 2.23. The van der Waals surface area contributed by atoms with E-state index in [2.05, 4.69) is 20.3 Å². The lowest BCUT2D eigenvalue weighted by molar-refractivity contribution is -0.139. The van der Waals surface area contributed by atoms with Crippen LogP contribution in [0.15, 0.2) is 24.8 Å². The molecule has 2 heterocycles. The fourth-order valence-corrected chi connectivity index (χ4v) is 1.99. The molecule has 0 bridgehead atoms. The number of rotatable bonds is 5. The number of aromatic nitrogens is 3. The second-order valence-electron chi connectivity index (χ2n) is 4.13. The number of H-pyrrole nitrogens is 1. The molecule has 0 aliphatic rings. The van der Waals surface area contributed by atoms with Gasteiger partial charge in [-0.05, 0) is 6.07 Å². The van der Waals surface area contributed by atoms with Gasteiger partial charge in [0.1, 0.15) is 11.2 Å². The van der Waals surface area contributed by atoms with Gasteiger partial charge in [-0.3, -0.25) is 4.79 Å². The van der Waals surface area contributed by atoms with Gasteiger partial charge in [-0.25, -0.2) is 14.8 Å². The molecule has 0 radical (unpaired) electrons. The molecule has 1 amide bonds. The summed E-state index contributed by atoms with van der Waals surface area (Å²) in [5.74, 6) is -1.81. The van der Waals surface area contributed by atoms with Gasteiger partial charge in [0.25, 0.3) is 5.91 Å². The predicted octanol–water partition coefficient (Wildman–Crippen LogP) is 1.54. The van der Waals surface area contributed by atoms with Crippen LogP contribution in [-0.2, 0) is 11.2 Å². The third-order valence-corrected chi connectivity index (χ3v) is 3.16. The summed E-state index contributed by atoms with van der Waals surface area (Å²) in [6.07, 6.45) is 4.20. The molecule has 9 heteroatoms. The number of pyridine rings is 1. The number of hydrogen-bond acceptors (Lipinski definition) is 4. The highest BCUT2D eigenvalue weighted by molar-refractivity contribution is 6.35. The molecule has 3 N–H and O–H groups in total. The molecule has 0 aliphatic heterocycles. The number of carboxylic acid groups (broad SMARTS) is 1. The highest BCUT2D eigenvalue weighted by Crippen LogP contribution is 2.18. The number of carbonyl (C=O) groups is 2. The maximum atomic E-state index is 12.1. The van der Waals surface area contributed by atoms with E-state index in [0.717, 1.165) is 0 Å². The van der Waals surface area contributed by atoms with Crippen LogP contribution in [0.3, 0.4) is 0 Å². The monoisotopic (exact) mass is 328 g/mol. The van der Waals surface area contributed by atoms with Gasteiger partial charge in [0.05, 0.1) is 16.9 Å². The van der Waals surface area contributed by atoms with Crippen LogP contribution in [-0.4, -0.2) is 38.0 Å². The van der Waals surface area contributed by atoms with E-state index in [0.29, 0.717) is 5.69 Å². The number of hydrogen-bond donors (Lipinski definition) is 3. The fourth-order valence-electron chi connectivity index (χ4n) is 1.64. The molecule has 0 aromatic carbocycles. The molecule has 2 aromatic rings. The summed E-state index contributed by atoms with van der Waals surface area (Å²) in [6, 6.07) is 0.148. The molecule has 0 aliphatic carbocycles. The van der Waals surface area contributed by atoms with Crippen LogP contribution in [0.25, 0.3) is 0 Å². The van der Waals surface area contributed by atoms with Crippen LogP contribution in [0.1, 0.15) is 16.1 Å². The van der Waals surface area contributed by atoms with E-state index in [-0.39, 0.29) is 22.2 Å². The van der Waals surface area contributed by atoms with Gasteiger partial charge in [-0.1, -0.05) is 23.2 Å². The van der Waals surface area contributed by atoms with Crippen molar-refractivity contribution >= 4 is 35.1 Å². The summed E-state index contributed by atoms with van der Waals surface area (Å²) in [4.78, 5) is 33.6. The van der Waals surface area contributed by atoms with Crippen LogP contribution < -0.4 is 5.32 Å². The molecule has 7 nitrogen and oxygen atoms in total. The predicted molar refractivity (Wildman–Crippen MR) is 75.4 cm³/mol. The summed E-state index contributed by atoms with van der Waals surface area (Å²) in [6.45, 7) is 0. The van der Waals surface area contributed by atoms with E-state index in [1.165, 1.54) is 24.8 Å². The lowest BCUT2D eigenvalue weighted by atomic mass is 10.1. The molecular weight excluding hydrogens is 319 g/mol. The summed E-state index contributed by atoms with van der Waals surface area (Å²) in [7, 11) is 0. The Hall–Kier alpha value is -2.12. The number of nitrogens with zero attached hydrogens (tertiary/aromatic N) is 2. The van der Waals surface area contributed by atoms with E-state index in [1.807, 2.05) is 0 Å². The number of amides is 1.